The van der Waals surface area contributed by atoms with Gasteiger partial charge in [-0.05, 0) is 20.0 Å². The number of hydrogen-bond donors (Lipinski definition) is 1. The molecule has 2 heterocycles. The number of likely N-dealkylation sites (tertiary alicyclic amines) is 1. The van der Waals surface area contributed by atoms with Crippen LogP contribution >= 0.6 is 22.9 Å². The van der Waals surface area contributed by atoms with Crippen LogP contribution in [-0.2, 0) is 0 Å². The number of hydrogen-bond acceptors (Lipinski definition) is 4. The van der Waals surface area contributed by atoms with Crippen LogP contribution in [0.25, 0.3) is 0 Å². The Hall–Kier alpha value is -0.320. The summed E-state index contributed by atoms with van der Waals surface area (Å²) in [6.07, 6.45) is 1.19. The highest BCUT2D eigenvalue weighted by atomic mass is 35.5. The van der Waals surface area contributed by atoms with Gasteiger partial charge in [0.25, 0.3) is 0 Å². The van der Waals surface area contributed by atoms with Crippen LogP contribution in [0, 0.1) is 0 Å². The molecule has 0 amide bonds. The van der Waals surface area contributed by atoms with Crippen LogP contribution in [0.2, 0.25) is 5.15 Å². The van der Waals surface area contributed by atoms with Gasteiger partial charge in [-0.15, -0.1) is 11.3 Å². The Labute approximate surface area is 86.7 Å². The SMILES string of the molecule is CN1CCC(Nc2nc(Cl)cs2)C1. The molecule has 1 fully saturated rings. The molecule has 5 heteroatoms. The van der Waals surface area contributed by atoms with Crippen molar-refractivity contribution in [1.29, 1.82) is 0 Å². The van der Waals surface area contributed by atoms with Crippen molar-refractivity contribution in [2.75, 3.05) is 25.5 Å². The fourth-order valence-electron chi connectivity index (χ4n) is 1.55. The van der Waals surface area contributed by atoms with E-state index in [4.69, 9.17) is 11.6 Å². The van der Waals surface area contributed by atoms with E-state index in [2.05, 4.69) is 22.2 Å². The van der Waals surface area contributed by atoms with Crippen molar-refractivity contribution in [2.24, 2.45) is 0 Å². The molecular weight excluding hydrogens is 206 g/mol. The molecule has 72 valence electrons. The predicted octanol–water partition coefficient (Wildman–Crippen LogP) is 1.91. The summed E-state index contributed by atoms with van der Waals surface area (Å²) < 4.78 is 0. The highest BCUT2D eigenvalue weighted by molar-refractivity contribution is 7.14. The first-order chi connectivity index (χ1) is 6.24. The third-order valence-corrected chi connectivity index (χ3v) is 3.29. The van der Waals surface area contributed by atoms with Crippen LogP contribution < -0.4 is 5.32 Å². The molecule has 1 unspecified atom stereocenters. The number of aromatic nitrogens is 1. The Morgan fingerprint density at radius 2 is 2.62 bits per heavy atom. The molecule has 3 nitrogen and oxygen atoms in total. The van der Waals surface area contributed by atoms with Crippen LogP contribution in [0.1, 0.15) is 6.42 Å². The summed E-state index contributed by atoms with van der Waals surface area (Å²) >= 11 is 7.29. The van der Waals surface area contributed by atoms with Gasteiger partial charge in [0, 0.05) is 18.0 Å². The van der Waals surface area contributed by atoms with Crippen molar-refractivity contribution in [2.45, 2.75) is 12.5 Å². The number of likely N-dealkylation sites (N-methyl/N-ethyl adjacent to an activating group) is 1. The first-order valence-corrected chi connectivity index (χ1v) is 5.56. The molecule has 1 atom stereocenters. The Morgan fingerprint density at radius 1 is 1.77 bits per heavy atom. The van der Waals surface area contributed by atoms with Crippen molar-refractivity contribution in [3.05, 3.63) is 10.5 Å². The zero-order valence-electron chi connectivity index (χ0n) is 7.46. The number of halogens is 1. The van der Waals surface area contributed by atoms with Crippen molar-refractivity contribution >= 4 is 28.1 Å². The maximum absolute atomic E-state index is 5.72. The smallest absolute Gasteiger partial charge is 0.184 e. The fourth-order valence-corrected chi connectivity index (χ4v) is 2.46. The summed E-state index contributed by atoms with van der Waals surface area (Å²) in [6, 6.07) is 0.534. The van der Waals surface area contributed by atoms with Crippen LogP contribution in [0.4, 0.5) is 5.13 Å². The summed E-state index contributed by atoms with van der Waals surface area (Å²) in [4.78, 5) is 6.47. The minimum atomic E-state index is 0.534. The second kappa shape index (κ2) is 3.82. The minimum absolute atomic E-state index is 0.534. The predicted molar refractivity (Wildman–Crippen MR) is 56.6 cm³/mol. The van der Waals surface area contributed by atoms with Crippen molar-refractivity contribution in [3.8, 4) is 0 Å². The lowest BCUT2D eigenvalue weighted by Crippen LogP contribution is -2.23. The van der Waals surface area contributed by atoms with Crippen molar-refractivity contribution in [1.82, 2.24) is 9.88 Å². The average Bonchev–Trinajstić information content (AvgIpc) is 2.62. The van der Waals surface area contributed by atoms with Gasteiger partial charge in [-0.1, -0.05) is 11.6 Å². The van der Waals surface area contributed by atoms with E-state index >= 15 is 0 Å². The summed E-state index contributed by atoms with van der Waals surface area (Å²) in [6.45, 7) is 2.26. The number of rotatable bonds is 2. The summed E-state index contributed by atoms with van der Waals surface area (Å²) in [5.74, 6) is 0. The van der Waals surface area contributed by atoms with Gasteiger partial charge in [-0.3, -0.25) is 0 Å². The molecule has 0 saturated carbocycles. The molecule has 1 aliphatic heterocycles. The molecule has 0 aromatic carbocycles. The van der Waals surface area contributed by atoms with Gasteiger partial charge in [0.2, 0.25) is 0 Å². The second-order valence-corrected chi connectivity index (χ2v) is 4.61. The van der Waals surface area contributed by atoms with E-state index in [0.717, 1.165) is 18.2 Å². The highest BCUT2D eigenvalue weighted by Crippen LogP contribution is 2.21. The van der Waals surface area contributed by atoms with E-state index in [1.54, 1.807) is 11.3 Å². The Morgan fingerprint density at radius 3 is 3.15 bits per heavy atom. The molecule has 1 aromatic heterocycles. The van der Waals surface area contributed by atoms with Crippen LogP contribution in [-0.4, -0.2) is 36.1 Å². The maximum Gasteiger partial charge on any atom is 0.184 e. The lowest BCUT2D eigenvalue weighted by molar-refractivity contribution is 0.414. The molecule has 1 N–H and O–H groups in total. The van der Waals surface area contributed by atoms with E-state index in [1.165, 1.54) is 6.42 Å². The lowest BCUT2D eigenvalue weighted by Gasteiger charge is -2.10. The van der Waals surface area contributed by atoms with Gasteiger partial charge in [0.05, 0.1) is 0 Å². The van der Waals surface area contributed by atoms with E-state index in [-0.39, 0.29) is 0 Å². The number of thiazole rings is 1. The van der Waals surface area contributed by atoms with Gasteiger partial charge in [-0.2, -0.15) is 0 Å². The minimum Gasteiger partial charge on any atom is -0.357 e. The Balaban J connectivity index is 1.91. The zero-order chi connectivity index (χ0) is 9.26. The third-order valence-electron chi connectivity index (χ3n) is 2.20. The molecule has 0 bridgehead atoms. The molecule has 0 radical (unpaired) electrons. The van der Waals surface area contributed by atoms with E-state index < -0.39 is 0 Å². The molecule has 0 aliphatic carbocycles. The molecular formula is C8H12ClN3S. The molecule has 2 rings (SSSR count). The first-order valence-electron chi connectivity index (χ1n) is 4.30. The van der Waals surface area contributed by atoms with E-state index in [0.29, 0.717) is 11.2 Å². The van der Waals surface area contributed by atoms with Gasteiger partial charge in [0.15, 0.2) is 5.13 Å². The summed E-state index contributed by atoms with van der Waals surface area (Å²) in [5, 5.41) is 6.74. The van der Waals surface area contributed by atoms with Gasteiger partial charge >= 0.3 is 0 Å². The van der Waals surface area contributed by atoms with Crippen LogP contribution in [0.15, 0.2) is 5.38 Å². The summed E-state index contributed by atoms with van der Waals surface area (Å²) in [7, 11) is 2.14. The van der Waals surface area contributed by atoms with Crippen molar-refractivity contribution in [3.63, 3.8) is 0 Å². The Kier molecular flexibility index (Phi) is 2.71. The monoisotopic (exact) mass is 217 g/mol. The average molecular weight is 218 g/mol. The van der Waals surface area contributed by atoms with E-state index in [1.807, 2.05) is 5.38 Å². The second-order valence-electron chi connectivity index (χ2n) is 3.37. The van der Waals surface area contributed by atoms with Gasteiger partial charge in [-0.25, -0.2) is 4.98 Å². The first kappa shape index (κ1) is 9.24. The summed E-state index contributed by atoms with van der Waals surface area (Å²) in [5.41, 5.74) is 0. The number of nitrogens with zero attached hydrogens (tertiary/aromatic N) is 2. The Bertz CT molecular complexity index is 289. The quantitative estimate of drug-likeness (QED) is 0.821. The number of nitrogens with one attached hydrogen (secondary N) is 1. The van der Waals surface area contributed by atoms with E-state index in [9.17, 15) is 0 Å². The standard InChI is InChI=1S/C8H12ClN3S/c1-12-3-2-6(4-12)10-8-11-7(9)5-13-8/h5-6H,2-4H2,1H3,(H,10,11). The molecule has 1 aliphatic rings. The third kappa shape index (κ3) is 2.33. The van der Waals surface area contributed by atoms with Crippen LogP contribution in [0.3, 0.4) is 0 Å². The molecule has 1 aromatic rings. The zero-order valence-corrected chi connectivity index (χ0v) is 9.03. The van der Waals surface area contributed by atoms with Crippen molar-refractivity contribution < 1.29 is 0 Å². The van der Waals surface area contributed by atoms with Crippen LogP contribution in [0.5, 0.6) is 0 Å². The largest absolute Gasteiger partial charge is 0.357 e. The highest BCUT2D eigenvalue weighted by Gasteiger charge is 2.19. The lowest BCUT2D eigenvalue weighted by atomic mass is 10.3. The van der Waals surface area contributed by atoms with Gasteiger partial charge in [0.1, 0.15) is 5.15 Å². The maximum atomic E-state index is 5.72. The fraction of sp³-hybridized carbons (Fsp3) is 0.625. The van der Waals surface area contributed by atoms with Gasteiger partial charge < -0.3 is 10.2 Å². The normalized spacial score (nSPS) is 23.7. The molecule has 13 heavy (non-hydrogen) atoms. The number of anilines is 1. The topological polar surface area (TPSA) is 28.2 Å². The molecule has 0 spiro atoms. The molecule has 1 saturated heterocycles.